The molecule has 3 nitrogen and oxygen atoms in total. The SMILES string of the molecule is CNC(c1cccc(F)c1)C(C)S(C)(=O)=O. The van der Waals surface area contributed by atoms with Crippen molar-refractivity contribution in [2.24, 2.45) is 0 Å². The third-order valence-corrected chi connectivity index (χ3v) is 4.29. The standard InChI is InChI=1S/C11H16FNO2S/c1-8(16(3,14)15)11(13-2)9-5-4-6-10(12)7-9/h4-8,11,13H,1-3H3. The van der Waals surface area contributed by atoms with Crippen molar-refractivity contribution in [3.8, 4) is 0 Å². The van der Waals surface area contributed by atoms with Gasteiger partial charge in [0.05, 0.1) is 5.25 Å². The van der Waals surface area contributed by atoms with Gasteiger partial charge in [-0.3, -0.25) is 0 Å². The van der Waals surface area contributed by atoms with Crippen molar-refractivity contribution in [1.29, 1.82) is 0 Å². The zero-order chi connectivity index (χ0) is 12.3. The summed E-state index contributed by atoms with van der Waals surface area (Å²) in [7, 11) is -1.50. The number of benzene rings is 1. The number of rotatable bonds is 4. The summed E-state index contributed by atoms with van der Waals surface area (Å²) in [6.45, 7) is 1.61. The monoisotopic (exact) mass is 245 g/mol. The van der Waals surface area contributed by atoms with Crippen molar-refractivity contribution in [2.45, 2.75) is 18.2 Å². The first-order chi connectivity index (χ1) is 7.36. The lowest BCUT2D eigenvalue weighted by molar-refractivity contribution is 0.531. The second-order valence-electron chi connectivity index (χ2n) is 3.86. The molecule has 1 aromatic carbocycles. The first-order valence-electron chi connectivity index (χ1n) is 4.98. The molecular weight excluding hydrogens is 229 g/mol. The Kier molecular flexibility index (Phi) is 4.04. The Morgan fingerprint density at radius 2 is 2.00 bits per heavy atom. The van der Waals surface area contributed by atoms with E-state index in [-0.39, 0.29) is 5.82 Å². The highest BCUT2D eigenvalue weighted by Crippen LogP contribution is 2.21. The Hall–Kier alpha value is -0.940. The molecule has 1 N–H and O–H groups in total. The van der Waals surface area contributed by atoms with Gasteiger partial charge >= 0.3 is 0 Å². The predicted molar refractivity (Wildman–Crippen MR) is 62.5 cm³/mol. The Morgan fingerprint density at radius 1 is 1.38 bits per heavy atom. The van der Waals surface area contributed by atoms with Gasteiger partial charge in [-0.1, -0.05) is 12.1 Å². The highest BCUT2D eigenvalue weighted by molar-refractivity contribution is 7.91. The van der Waals surface area contributed by atoms with Crippen molar-refractivity contribution in [1.82, 2.24) is 5.32 Å². The molecule has 0 spiro atoms. The zero-order valence-electron chi connectivity index (χ0n) is 9.57. The first-order valence-corrected chi connectivity index (χ1v) is 6.93. The van der Waals surface area contributed by atoms with Crippen molar-refractivity contribution in [3.05, 3.63) is 35.6 Å². The molecule has 5 heteroatoms. The fraction of sp³-hybridized carbons (Fsp3) is 0.455. The van der Waals surface area contributed by atoms with E-state index in [1.165, 1.54) is 18.4 Å². The van der Waals surface area contributed by atoms with E-state index in [0.717, 1.165) is 0 Å². The van der Waals surface area contributed by atoms with Crippen LogP contribution >= 0.6 is 0 Å². The lowest BCUT2D eigenvalue weighted by Gasteiger charge is -2.22. The molecular formula is C11H16FNO2S. The van der Waals surface area contributed by atoms with E-state index in [0.29, 0.717) is 5.56 Å². The minimum atomic E-state index is -3.16. The Bertz CT molecular complexity index is 459. The lowest BCUT2D eigenvalue weighted by Crippen LogP contribution is -2.33. The van der Waals surface area contributed by atoms with Crippen LogP contribution in [0.1, 0.15) is 18.5 Å². The number of sulfone groups is 1. The van der Waals surface area contributed by atoms with E-state index in [2.05, 4.69) is 5.32 Å². The van der Waals surface area contributed by atoms with E-state index in [1.54, 1.807) is 26.1 Å². The van der Waals surface area contributed by atoms with Crippen LogP contribution in [0.2, 0.25) is 0 Å². The van der Waals surface area contributed by atoms with E-state index in [4.69, 9.17) is 0 Å². The van der Waals surface area contributed by atoms with Crippen LogP contribution in [0.25, 0.3) is 0 Å². The molecule has 1 rings (SSSR count). The highest BCUT2D eigenvalue weighted by Gasteiger charge is 2.26. The van der Waals surface area contributed by atoms with Gasteiger partial charge in [-0.2, -0.15) is 0 Å². The maximum atomic E-state index is 13.0. The van der Waals surface area contributed by atoms with Crippen LogP contribution in [0.5, 0.6) is 0 Å². The normalized spacial score (nSPS) is 15.8. The molecule has 0 amide bonds. The van der Waals surface area contributed by atoms with Crippen LogP contribution in [0.4, 0.5) is 4.39 Å². The molecule has 0 bridgehead atoms. The summed E-state index contributed by atoms with van der Waals surface area (Å²) < 4.78 is 36.0. The molecule has 2 unspecified atom stereocenters. The minimum absolute atomic E-state index is 0.363. The third kappa shape index (κ3) is 3.02. The average molecular weight is 245 g/mol. The summed E-state index contributed by atoms with van der Waals surface area (Å²) in [4.78, 5) is 0. The number of nitrogens with one attached hydrogen (secondary N) is 1. The zero-order valence-corrected chi connectivity index (χ0v) is 10.4. The van der Waals surface area contributed by atoms with Crippen LogP contribution < -0.4 is 5.32 Å². The van der Waals surface area contributed by atoms with E-state index >= 15 is 0 Å². The van der Waals surface area contributed by atoms with Crippen LogP contribution in [0.3, 0.4) is 0 Å². The molecule has 0 heterocycles. The van der Waals surface area contributed by atoms with Gasteiger partial charge in [0.2, 0.25) is 0 Å². The highest BCUT2D eigenvalue weighted by atomic mass is 32.2. The van der Waals surface area contributed by atoms with Crippen molar-refractivity contribution < 1.29 is 12.8 Å². The number of hydrogen-bond donors (Lipinski definition) is 1. The van der Waals surface area contributed by atoms with Crippen LogP contribution in [-0.2, 0) is 9.84 Å². The Balaban J connectivity index is 3.08. The van der Waals surface area contributed by atoms with Crippen molar-refractivity contribution in [3.63, 3.8) is 0 Å². The van der Waals surface area contributed by atoms with Gasteiger partial charge in [-0.25, -0.2) is 12.8 Å². The molecule has 0 aliphatic carbocycles. The molecule has 0 saturated carbocycles. The topological polar surface area (TPSA) is 46.2 Å². The molecule has 0 aliphatic rings. The van der Waals surface area contributed by atoms with E-state index in [9.17, 15) is 12.8 Å². The van der Waals surface area contributed by atoms with E-state index in [1.807, 2.05) is 0 Å². The van der Waals surface area contributed by atoms with Gasteiger partial charge in [0.1, 0.15) is 5.82 Å². The molecule has 16 heavy (non-hydrogen) atoms. The van der Waals surface area contributed by atoms with Gasteiger partial charge in [-0.15, -0.1) is 0 Å². The summed E-state index contributed by atoms with van der Waals surface area (Å²) in [5.41, 5.74) is 0.639. The summed E-state index contributed by atoms with van der Waals surface area (Å²) in [5.74, 6) is -0.363. The maximum Gasteiger partial charge on any atom is 0.151 e. The molecule has 0 fully saturated rings. The molecule has 1 aromatic rings. The Morgan fingerprint density at radius 3 is 2.44 bits per heavy atom. The van der Waals surface area contributed by atoms with Gasteiger partial charge in [0, 0.05) is 12.3 Å². The summed E-state index contributed by atoms with van der Waals surface area (Å²) >= 11 is 0. The summed E-state index contributed by atoms with van der Waals surface area (Å²) in [6.07, 6.45) is 1.18. The number of halogens is 1. The second kappa shape index (κ2) is 4.93. The molecule has 0 aromatic heterocycles. The molecule has 90 valence electrons. The van der Waals surface area contributed by atoms with Crippen molar-refractivity contribution >= 4 is 9.84 Å². The predicted octanol–water partition coefficient (Wildman–Crippen LogP) is 1.52. The van der Waals surface area contributed by atoms with Gasteiger partial charge in [-0.05, 0) is 31.7 Å². The van der Waals surface area contributed by atoms with Gasteiger partial charge in [0.15, 0.2) is 9.84 Å². The smallest absolute Gasteiger partial charge is 0.151 e. The quantitative estimate of drug-likeness (QED) is 0.874. The molecule has 2 atom stereocenters. The largest absolute Gasteiger partial charge is 0.312 e. The average Bonchev–Trinajstić information content (AvgIpc) is 2.17. The van der Waals surface area contributed by atoms with Gasteiger partial charge in [0.25, 0.3) is 0 Å². The minimum Gasteiger partial charge on any atom is -0.312 e. The summed E-state index contributed by atoms with van der Waals surface area (Å²) in [6, 6.07) is 5.57. The van der Waals surface area contributed by atoms with E-state index < -0.39 is 21.1 Å². The van der Waals surface area contributed by atoms with Crippen LogP contribution in [0.15, 0.2) is 24.3 Å². The fourth-order valence-electron chi connectivity index (χ4n) is 1.62. The van der Waals surface area contributed by atoms with Gasteiger partial charge < -0.3 is 5.32 Å². The fourth-order valence-corrected chi connectivity index (χ4v) is 2.41. The molecule has 0 saturated heterocycles. The molecule has 0 radical (unpaired) electrons. The lowest BCUT2D eigenvalue weighted by atomic mass is 10.0. The van der Waals surface area contributed by atoms with Crippen LogP contribution in [-0.4, -0.2) is 27.0 Å². The maximum absolute atomic E-state index is 13.0. The number of hydrogen-bond acceptors (Lipinski definition) is 3. The second-order valence-corrected chi connectivity index (χ2v) is 6.26. The Labute approximate surface area is 95.6 Å². The summed E-state index contributed by atoms with van der Waals surface area (Å²) in [5, 5.41) is 2.31. The van der Waals surface area contributed by atoms with Crippen molar-refractivity contribution in [2.75, 3.05) is 13.3 Å². The third-order valence-electron chi connectivity index (χ3n) is 2.66. The first kappa shape index (κ1) is 13.1. The molecule has 0 aliphatic heterocycles. The van der Waals surface area contributed by atoms with Crippen LogP contribution in [0, 0.1) is 5.82 Å².